The molecule has 0 saturated heterocycles. The number of hydrogen-bond donors (Lipinski definition) is 0. The molecule has 0 N–H and O–H groups in total. The zero-order chi connectivity index (χ0) is 16.0. The summed E-state index contributed by atoms with van der Waals surface area (Å²) in [5.74, 6) is 0.669. The maximum absolute atomic E-state index is 3.90. The minimum absolute atomic E-state index is 0.635. The normalized spacial score (nSPS) is 14.3. The smallest absolute Gasteiger partial charge is 0.0882 e. The molecule has 0 aliphatic heterocycles. The quantitative estimate of drug-likeness (QED) is 0.466. The Morgan fingerprint density at radius 2 is 1.50 bits per heavy atom. The minimum atomic E-state index is -1.60. The lowest BCUT2D eigenvalue weighted by atomic mass is 9.96. The van der Waals surface area contributed by atoms with Crippen LogP contribution in [0, 0.1) is 5.92 Å². The molecule has 22 heavy (non-hydrogen) atoms. The molecule has 0 unspecified atom stereocenters. The molecular formula is C21H28Si. The van der Waals surface area contributed by atoms with E-state index in [2.05, 4.69) is 93.3 Å². The van der Waals surface area contributed by atoms with Crippen LogP contribution < -0.4 is 5.19 Å². The van der Waals surface area contributed by atoms with E-state index in [1.54, 1.807) is 5.19 Å². The third-order valence-electron chi connectivity index (χ3n) is 4.85. The van der Waals surface area contributed by atoms with Crippen LogP contribution in [0.25, 0.3) is 0 Å². The Morgan fingerprint density at radius 1 is 0.955 bits per heavy atom. The van der Waals surface area contributed by atoms with E-state index in [4.69, 9.17) is 0 Å². The summed E-state index contributed by atoms with van der Waals surface area (Å²) in [7, 11) is -1.60. The van der Waals surface area contributed by atoms with E-state index >= 15 is 0 Å². The molecular weight excluding hydrogens is 280 g/mol. The van der Waals surface area contributed by atoms with E-state index in [1.807, 2.05) is 0 Å². The zero-order valence-corrected chi connectivity index (χ0v) is 15.1. The number of allylic oxidation sites excluding steroid dienone is 1. The number of benzene rings is 2. The molecule has 0 nitrogen and oxygen atoms in total. The molecule has 0 bridgehead atoms. The first-order valence-corrected chi connectivity index (χ1v) is 11.4. The first-order valence-electron chi connectivity index (χ1n) is 8.28. The van der Waals surface area contributed by atoms with Gasteiger partial charge in [-0.2, -0.15) is 0 Å². The van der Waals surface area contributed by atoms with Crippen LogP contribution in [0.5, 0.6) is 0 Å². The second-order valence-electron chi connectivity index (χ2n) is 6.82. The van der Waals surface area contributed by atoms with Crippen molar-refractivity contribution < 1.29 is 0 Å². The summed E-state index contributed by atoms with van der Waals surface area (Å²) in [6.07, 6.45) is 4.37. The zero-order valence-electron chi connectivity index (χ0n) is 14.1. The van der Waals surface area contributed by atoms with Gasteiger partial charge in [0, 0.05) is 0 Å². The summed E-state index contributed by atoms with van der Waals surface area (Å²) < 4.78 is 0. The van der Waals surface area contributed by atoms with Crippen molar-refractivity contribution in [1.29, 1.82) is 0 Å². The van der Waals surface area contributed by atoms with Crippen LogP contribution in [0.2, 0.25) is 13.1 Å². The highest BCUT2D eigenvalue weighted by atomic mass is 28.3. The van der Waals surface area contributed by atoms with Gasteiger partial charge >= 0.3 is 0 Å². The third kappa shape index (κ3) is 3.78. The summed E-state index contributed by atoms with van der Waals surface area (Å²) >= 11 is 0. The van der Waals surface area contributed by atoms with E-state index in [-0.39, 0.29) is 0 Å². The predicted molar refractivity (Wildman–Crippen MR) is 101 cm³/mol. The molecule has 2 aromatic rings. The Morgan fingerprint density at radius 3 is 2.05 bits per heavy atom. The van der Waals surface area contributed by atoms with Crippen molar-refractivity contribution in [3.63, 3.8) is 0 Å². The third-order valence-corrected chi connectivity index (χ3v) is 9.13. The topological polar surface area (TPSA) is 0 Å². The number of hydrogen-bond acceptors (Lipinski definition) is 0. The van der Waals surface area contributed by atoms with Gasteiger partial charge in [0.05, 0.1) is 8.07 Å². The first kappa shape index (κ1) is 16.8. The van der Waals surface area contributed by atoms with Crippen LogP contribution in [0.1, 0.15) is 30.9 Å². The van der Waals surface area contributed by atoms with Gasteiger partial charge in [0.15, 0.2) is 0 Å². The summed E-state index contributed by atoms with van der Waals surface area (Å²) in [4.78, 5) is 0. The van der Waals surface area contributed by atoms with Crippen LogP contribution in [0.15, 0.2) is 73.3 Å². The van der Waals surface area contributed by atoms with Crippen LogP contribution >= 0.6 is 0 Å². The Balaban J connectivity index is 2.41. The molecule has 0 fully saturated rings. The summed E-state index contributed by atoms with van der Waals surface area (Å²) in [6.45, 7) is 11.3. The molecule has 0 aromatic heterocycles. The van der Waals surface area contributed by atoms with Gasteiger partial charge in [-0.1, -0.05) is 91.9 Å². The van der Waals surface area contributed by atoms with Crippen LogP contribution in [0.3, 0.4) is 0 Å². The lowest BCUT2D eigenvalue weighted by Gasteiger charge is -2.38. The van der Waals surface area contributed by atoms with Crippen molar-refractivity contribution in [3.05, 3.63) is 78.9 Å². The molecule has 2 atom stereocenters. The molecule has 2 rings (SSSR count). The van der Waals surface area contributed by atoms with Gasteiger partial charge in [0.25, 0.3) is 0 Å². The summed E-state index contributed by atoms with van der Waals surface area (Å²) in [5, 5.41) is 1.55. The fourth-order valence-corrected chi connectivity index (χ4v) is 7.74. The first-order chi connectivity index (χ1) is 10.6. The lowest BCUT2D eigenvalue weighted by molar-refractivity contribution is 0.509. The van der Waals surface area contributed by atoms with Crippen molar-refractivity contribution in [2.75, 3.05) is 0 Å². The van der Waals surface area contributed by atoms with Crippen LogP contribution in [-0.4, -0.2) is 8.07 Å². The second kappa shape index (κ2) is 7.60. The molecule has 0 aliphatic carbocycles. The maximum Gasteiger partial charge on any atom is 0.0882 e. The van der Waals surface area contributed by atoms with Crippen molar-refractivity contribution in [2.24, 2.45) is 5.92 Å². The van der Waals surface area contributed by atoms with Gasteiger partial charge in [0.2, 0.25) is 0 Å². The lowest BCUT2D eigenvalue weighted by Crippen LogP contribution is -2.49. The molecule has 0 heterocycles. The molecule has 0 spiro atoms. The minimum Gasteiger partial charge on any atom is -0.103 e. The molecule has 2 aromatic carbocycles. The van der Waals surface area contributed by atoms with Gasteiger partial charge in [-0.3, -0.25) is 0 Å². The monoisotopic (exact) mass is 308 g/mol. The highest BCUT2D eigenvalue weighted by molar-refractivity contribution is 6.91. The summed E-state index contributed by atoms with van der Waals surface area (Å²) in [6, 6.07) is 22.2. The van der Waals surface area contributed by atoms with E-state index < -0.39 is 8.07 Å². The standard InChI is InChI=1S/C21H28Si/c1-5-6-13-18(2)21(19-14-9-7-10-15-19)22(3,4)20-16-11-8-12-17-20/h5,7-12,14-18,21H,1,6,13H2,2-4H3/t18-,21+/m0/s1. The van der Waals surface area contributed by atoms with E-state index in [1.165, 1.54) is 12.0 Å². The highest BCUT2D eigenvalue weighted by Crippen LogP contribution is 2.36. The van der Waals surface area contributed by atoms with Gasteiger partial charge in [0.1, 0.15) is 0 Å². The van der Waals surface area contributed by atoms with Gasteiger partial charge in [-0.05, 0) is 29.9 Å². The van der Waals surface area contributed by atoms with Gasteiger partial charge < -0.3 is 0 Å². The maximum atomic E-state index is 3.90. The predicted octanol–water partition coefficient (Wildman–Crippen LogP) is 5.53. The van der Waals surface area contributed by atoms with E-state index in [0.29, 0.717) is 11.5 Å². The second-order valence-corrected chi connectivity index (χ2v) is 11.5. The SMILES string of the molecule is C=CCC[C@H](C)[C@H](c1ccccc1)[Si](C)(C)c1ccccc1. The van der Waals surface area contributed by atoms with Crippen molar-refractivity contribution >= 4 is 13.3 Å². The Bertz CT molecular complexity index is 571. The number of rotatable bonds is 7. The molecule has 0 radical (unpaired) electrons. The molecule has 0 saturated carbocycles. The van der Waals surface area contributed by atoms with E-state index in [9.17, 15) is 0 Å². The van der Waals surface area contributed by atoms with Crippen LogP contribution in [-0.2, 0) is 0 Å². The highest BCUT2D eigenvalue weighted by Gasteiger charge is 2.37. The Hall–Kier alpha value is -1.60. The fourth-order valence-electron chi connectivity index (χ4n) is 3.71. The van der Waals surface area contributed by atoms with Gasteiger partial charge in [-0.25, -0.2) is 0 Å². The fraction of sp³-hybridized carbons (Fsp3) is 0.333. The average Bonchev–Trinajstić information content (AvgIpc) is 2.54. The molecule has 0 amide bonds. The van der Waals surface area contributed by atoms with Gasteiger partial charge in [-0.15, -0.1) is 6.58 Å². The Labute approximate surface area is 136 Å². The molecule has 0 aliphatic rings. The largest absolute Gasteiger partial charge is 0.103 e. The molecule has 116 valence electrons. The van der Waals surface area contributed by atoms with Crippen molar-refractivity contribution in [3.8, 4) is 0 Å². The summed E-state index contributed by atoms with van der Waals surface area (Å²) in [5.41, 5.74) is 2.13. The van der Waals surface area contributed by atoms with Crippen molar-refractivity contribution in [1.82, 2.24) is 0 Å². The molecule has 1 heteroatoms. The van der Waals surface area contributed by atoms with Crippen LogP contribution in [0.4, 0.5) is 0 Å². The average molecular weight is 309 g/mol. The Kier molecular flexibility index (Phi) is 5.79. The van der Waals surface area contributed by atoms with Crippen molar-refractivity contribution in [2.45, 2.75) is 38.4 Å². The van der Waals surface area contributed by atoms with E-state index in [0.717, 1.165) is 6.42 Å².